The van der Waals surface area contributed by atoms with E-state index in [4.69, 9.17) is 0 Å². The van der Waals surface area contributed by atoms with Gasteiger partial charge in [-0.1, -0.05) is 35.9 Å². The van der Waals surface area contributed by atoms with E-state index in [1.165, 1.54) is 24.0 Å². The second-order valence-corrected chi connectivity index (χ2v) is 4.01. The van der Waals surface area contributed by atoms with Crippen molar-refractivity contribution in [1.29, 1.82) is 0 Å². The largest absolute Gasteiger partial charge is 0.102 e. The van der Waals surface area contributed by atoms with Crippen LogP contribution in [0, 0.1) is 12.8 Å². The molecule has 0 amide bonds. The minimum atomic E-state index is 0.597. The van der Waals surface area contributed by atoms with Gasteiger partial charge in [-0.2, -0.15) is 0 Å². The van der Waals surface area contributed by atoms with Gasteiger partial charge in [0, 0.05) is 5.92 Å². The molecule has 1 aromatic carbocycles. The molecule has 1 atom stereocenters. The monoisotopic (exact) mass is 172 g/mol. The van der Waals surface area contributed by atoms with Crippen LogP contribution in [0.5, 0.6) is 0 Å². The molecule has 0 spiro atoms. The molecule has 0 bridgehead atoms. The van der Waals surface area contributed by atoms with E-state index in [0.717, 1.165) is 5.92 Å². The van der Waals surface area contributed by atoms with E-state index in [2.05, 4.69) is 43.8 Å². The van der Waals surface area contributed by atoms with E-state index in [1.54, 1.807) is 0 Å². The SMILES string of the molecule is C=CC(c1cccc(C)c1)C1CC1. The minimum absolute atomic E-state index is 0.597. The topological polar surface area (TPSA) is 0 Å². The fourth-order valence-electron chi connectivity index (χ4n) is 1.93. The van der Waals surface area contributed by atoms with Gasteiger partial charge in [0.05, 0.1) is 0 Å². The van der Waals surface area contributed by atoms with Crippen LogP contribution in [0.1, 0.15) is 29.9 Å². The summed E-state index contributed by atoms with van der Waals surface area (Å²) in [4.78, 5) is 0. The van der Waals surface area contributed by atoms with E-state index in [0.29, 0.717) is 5.92 Å². The number of allylic oxidation sites excluding steroid dienone is 1. The summed E-state index contributed by atoms with van der Waals surface area (Å²) in [5, 5.41) is 0. The number of benzene rings is 1. The standard InChI is InChI=1S/C13H16/c1-3-13(11-7-8-11)12-6-4-5-10(2)9-12/h3-6,9,11,13H,1,7-8H2,2H3. The zero-order valence-corrected chi connectivity index (χ0v) is 8.16. The van der Waals surface area contributed by atoms with Gasteiger partial charge in [0.1, 0.15) is 0 Å². The third-order valence-electron chi connectivity index (χ3n) is 2.81. The predicted octanol–water partition coefficient (Wildman–Crippen LogP) is 3.67. The Morgan fingerprint density at radius 1 is 1.46 bits per heavy atom. The van der Waals surface area contributed by atoms with E-state index in [-0.39, 0.29) is 0 Å². The maximum Gasteiger partial charge on any atom is 0.00436 e. The fourth-order valence-corrected chi connectivity index (χ4v) is 1.93. The minimum Gasteiger partial charge on any atom is -0.102 e. The van der Waals surface area contributed by atoms with Crippen molar-refractivity contribution in [3.8, 4) is 0 Å². The Labute approximate surface area is 80.3 Å². The average Bonchev–Trinajstić information content (AvgIpc) is 2.90. The molecule has 2 rings (SSSR count). The zero-order chi connectivity index (χ0) is 9.26. The van der Waals surface area contributed by atoms with E-state index < -0.39 is 0 Å². The smallest absolute Gasteiger partial charge is 0.00436 e. The summed E-state index contributed by atoms with van der Waals surface area (Å²) in [5.74, 6) is 1.47. The third kappa shape index (κ3) is 1.82. The lowest BCUT2D eigenvalue weighted by Crippen LogP contribution is -1.96. The van der Waals surface area contributed by atoms with Crippen LogP contribution in [-0.4, -0.2) is 0 Å². The molecule has 68 valence electrons. The van der Waals surface area contributed by atoms with Gasteiger partial charge in [-0.3, -0.25) is 0 Å². The molecule has 0 heterocycles. The highest BCUT2D eigenvalue weighted by molar-refractivity contribution is 5.29. The summed E-state index contributed by atoms with van der Waals surface area (Å²) >= 11 is 0. The molecule has 0 aromatic heterocycles. The lowest BCUT2D eigenvalue weighted by Gasteiger charge is -2.11. The summed E-state index contributed by atoms with van der Waals surface area (Å²) in [7, 11) is 0. The molecule has 13 heavy (non-hydrogen) atoms. The van der Waals surface area contributed by atoms with E-state index in [9.17, 15) is 0 Å². The van der Waals surface area contributed by atoms with Crippen molar-refractivity contribution in [2.75, 3.05) is 0 Å². The molecule has 1 saturated carbocycles. The van der Waals surface area contributed by atoms with E-state index >= 15 is 0 Å². The molecule has 1 fully saturated rings. The molecule has 0 N–H and O–H groups in total. The number of hydrogen-bond acceptors (Lipinski definition) is 0. The van der Waals surface area contributed by atoms with Crippen LogP contribution in [-0.2, 0) is 0 Å². The van der Waals surface area contributed by atoms with E-state index in [1.807, 2.05) is 0 Å². The second kappa shape index (κ2) is 3.37. The fraction of sp³-hybridized carbons (Fsp3) is 0.385. The average molecular weight is 172 g/mol. The molecule has 1 aliphatic rings. The van der Waals surface area contributed by atoms with Crippen molar-refractivity contribution in [2.24, 2.45) is 5.92 Å². The maximum absolute atomic E-state index is 3.93. The van der Waals surface area contributed by atoms with Gasteiger partial charge in [0.15, 0.2) is 0 Å². The Kier molecular flexibility index (Phi) is 2.22. The van der Waals surface area contributed by atoms with Gasteiger partial charge >= 0.3 is 0 Å². The number of rotatable bonds is 3. The zero-order valence-electron chi connectivity index (χ0n) is 8.16. The van der Waals surface area contributed by atoms with Gasteiger partial charge in [0.2, 0.25) is 0 Å². The van der Waals surface area contributed by atoms with Crippen molar-refractivity contribution in [1.82, 2.24) is 0 Å². The molecule has 1 aliphatic carbocycles. The molecule has 0 aliphatic heterocycles. The molecular formula is C13H16. The second-order valence-electron chi connectivity index (χ2n) is 4.01. The summed E-state index contributed by atoms with van der Waals surface area (Å²) in [6.45, 7) is 6.08. The highest BCUT2D eigenvalue weighted by atomic mass is 14.3. The van der Waals surface area contributed by atoms with Gasteiger partial charge in [-0.15, -0.1) is 6.58 Å². The summed E-state index contributed by atoms with van der Waals surface area (Å²) in [6.07, 6.45) is 4.86. The van der Waals surface area contributed by atoms with Gasteiger partial charge < -0.3 is 0 Å². The molecule has 0 saturated heterocycles. The van der Waals surface area contributed by atoms with Gasteiger partial charge in [-0.05, 0) is 31.2 Å². The molecule has 0 heteroatoms. The number of aryl methyl sites for hydroxylation is 1. The molecule has 0 nitrogen and oxygen atoms in total. The Morgan fingerprint density at radius 3 is 2.77 bits per heavy atom. The normalized spacial score (nSPS) is 18.2. The van der Waals surface area contributed by atoms with Gasteiger partial charge in [0.25, 0.3) is 0 Å². The first-order chi connectivity index (χ1) is 6.31. The highest BCUT2D eigenvalue weighted by Crippen LogP contribution is 2.43. The first-order valence-electron chi connectivity index (χ1n) is 5.00. The Balaban J connectivity index is 2.26. The van der Waals surface area contributed by atoms with Crippen LogP contribution in [0.25, 0.3) is 0 Å². The van der Waals surface area contributed by atoms with Crippen LogP contribution < -0.4 is 0 Å². The summed E-state index contributed by atoms with van der Waals surface area (Å²) in [6, 6.07) is 8.79. The van der Waals surface area contributed by atoms with Crippen LogP contribution in [0.2, 0.25) is 0 Å². The quantitative estimate of drug-likeness (QED) is 0.610. The van der Waals surface area contributed by atoms with Crippen molar-refractivity contribution in [3.05, 3.63) is 48.0 Å². The van der Waals surface area contributed by atoms with Gasteiger partial charge in [-0.25, -0.2) is 0 Å². The third-order valence-corrected chi connectivity index (χ3v) is 2.81. The highest BCUT2D eigenvalue weighted by Gasteiger charge is 2.29. The lowest BCUT2D eigenvalue weighted by molar-refractivity contribution is 0.728. The first-order valence-corrected chi connectivity index (χ1v) is 5.00. The van der Waals surface area contributed by atoms with Crippen LogP contribution >= 0.6 is 0 Å². The Bertz CT molecular complexity index is 308. The van der Waals surface area contributed by atoms with Crippen LogP contribution in [0.3, 0.4) is 0 Å². The Hall–Kier alpha value is -1.04. The molecule has 1 unspecified atom stereocenters. The molecular weight excluding hydrogens is 156 g/mol. The lowest BCUT2D eigenvalue weighted by atomic mass is 9.93. The molecule has 1 aromatic rings. The van der Waals surface area contributed by atoms with Crippen molar-refractivity contribution < 1.29 is 0 Å². The van der Waals surface area contributed by atoms with Crippen LogP contribution in [0.15, 0.2) is 36.9 Å². The van der Waals surface area contributed by atoms with Crippen molar-refractivity contribution in [2.45, 2.75) is 25.7 Å². The van der Waals surface area contributed by atoms with Crippen LogP contribution in [0.4, 0.5) is 0 Å². The Morgan fingerprint density at radius 2 is 2.23 bits per heavy atom. The van der Waals surface area contributed by atoms with Crippen molar-refractivity contribution >= 4 is 0 Å². The summed E-state index contributed by atoms with van der Waals surface area (Å²) in [5.41, 5.74) is 2.79. The maximum atomic E-state index is 3.93. The van der Waals surface area contributed by atoms with Crippen molar-refractivity contribution in [3.63, 3.8) is 0 Å². The predicted molar refractivity (Wildman–Crippen MR) is 56.8 cm³/mol. The first kappa shape index (κ1) is 8.55. The summed E-state index contributed by atoms with van der Waals surface area (Å²) < 4.78 is 0. The number of hydrogen-bond donors (Lipinski definition) is 0. The molecule has 0 radical (unpaired) electrons.